The number of allylic oxidation sites excluding steroid dienone is 1. The number of esters is 1. The first-order chi connectivity index (χ1) is 13.1. The molecule has 0 radical (unpaired) electrons. The molecule has 0 saturated carbocycles. The maximum absolute atomic E-state index is 12.3. The van der Waals surface area contributed by atoms with Crippen LogP contribution >= 0.6 is 23.2 Å². The van der Waals surface area contributed by atoms with Gasteiger partial charge in [-0.05, 0) is 30.3 Å². The highest BCUT2D eigenvalue weighted by molar-refractivity contribution is 6.36. The number of carbonyl (C=O) groups excluding carboxylic acids is 1. The topological polar surface area (TPSA) is 54.3 Å². The molecule has 27 heavy (non-hydrogen) atoms. The number of methoxy groups -OCH3 is 1. The number of nitrogens with zero attached hydrogens (tertiary/aromatic N) is 3. The Labute approximate surface area is 165 Å². The van der Waals surface area contributed by atoms with Crippen molar-refractivity contribution in [1.29, 1.82) is 0 Å². The Morgan fingerprint density at radius 2 is 1.93 bits per heavy atom. The molecule has 0 spiro atoms. The summed E-state index contributed by atoms with van der Waals surface area (Å²) in [6.07, 6.45) is 4.74. The van der Waals surface area contributed by atoms with Crippen molar-refractivity contribution in [3.05, 3.63) is 87.4 Å². The van der Waals surface area contributed by atoms with Crippen molar-refractivity contribution in [3.63, 3.8) is 0 Å². The summed E-state index contributed by atoms with van der Waals surface area (Å²) in [7, 11) is 1.34. The Morgan fingerprint density at radius 3 is 2.70 bits per heavy atom. The van der Waals surface area contributed by atoms with E-state index in [0.29, 0.717) is 33.0 Å². The molecule has 7 heteroatoms. The van der Waals surface area contributed by atoms with Gasteiger partial charge in [0.1, 0.15) is 5.70 Å². The molecule has 0 fully saturated rings. The van der Waals surface area contributed by atoms with Crippen LogP contribution in [0.1, 0.15) is 11.1 Å². The van der Waals surface area contributed by atoms with Crippen LogP contribution in [0.3, 0.4) is 0 Å². The number of hydrogen-bond acceptors (Lipinski definition) is 5. The molecule has 0 aliphatic carbocycles. The third-order valence-electron chi connectivity index (χ3n) is 4.20. The maximum atomic E-state index is 12.3. The van der Waals surface area contributed by atoms with E-state index in [1.807, 2.05) is 24.3 Å². The highest BCUT2D eigenvalue weighted by Crippen LogP contribution is 2.37. The number of fused-ring (bicyclic) bond motifs is 3. The summed E-state index contributed by atoms with van der Waals surface area (Å²) >= 11 is 12.7. The lowest BCUT2D eigenvalue weighted by molar-refractivity contribution is -0.136. The predicted molar refractivity (Wildman–Crippen MR) is 108 cm³/mol. The zero-order valence-corrected chi connectivity index (χ0v) is 15.7. The Hall–Kier alpha value is -2.89. The van der Waals surface area contributed by atoms with Crippen LogP contribution in [0.4, 0.5) is 5.69 Å². The van der Waals surface area contributed by atoms with Crippen LogP contribution in [-0.2, 0) is 9.53 Å². The van der Waals surface area contributed by atoms with Gasteiger partial charge in [0, 0.05) is 27.4 Å². The molecule has 2 aliphatic heterocycles. The SMILES string of the molecule is COC(=O)C1=CC=NC2=CN=C(c3ccccc3Cl)c3cc(Cl)ccc3N21. The van der Waals surface area contributed by atoms with Crippen LogP contribution in [0.2, 0.25) is 10.0 Å². The van der Waals surface area contributed by atoms with Crippen LogP contribution in [0.25, 0.3) is 0 Å². The number of rotatable bonds is 2. The number of hydrogen-bond donors (Lipinski definition) is 0. The smallest absolute Gasteiger partial charge is 0.355 e. The normalized spacial score (nSPS) is 15.1. The molecule has 5 nitrogen and oxygen atoms in total. The second kappa shape index (κ2) is 7.02. The van der Waals surface area contributed by atoms with Crippen molar-refractivity contribution in [2.45, 2.75) is 0 Å². The molecule has 2 aliphatic rings. The van der Waals surface area contributed by atoms with E-state index < -0.39 is 5.97 Å². The summed E-state index contributed by atoms with van der Waals surface area (Å²) in [4.78, 5) is 23.0. The van der Waals surface area contributed by atoms with Crippen LogP contribution in [-0.4, -0.2) is 25.0 Å². The first-order valence-electron chi connectivity index (χ1n) is 8.05. The van der Waals surface area contributed by atoms with Crippen molar-refractivity contribution in [3.8, 4) is 0 Å². The summed E-state index contributed by atoms with van der Waals surface area (Å²) in [5, 5.41) is 1.11. The van der Waals surface area contributed by atoms with Crippen molar-refractivity contribution >= 4 is 46.8 Å². The zero-order chi connectivity index (χ0) is 19.0. The van der Waals surface area contributed by atoms with Gasteiger partial charge in [-0.25, -0.2) is 9.79 Å². The molecule has 0 saturated heterocycles. The highest BCUT2D eigenvalue weighted by atomic mass is 35.5. The molecule has 2 heterocycles. The van der Waals surface area contributed by atoms with E-state index in [2.05, 4.69) is 9.98 Å². The van der Waals surface area contributed by atoms with Gasteiger partial charge in [0.25, 0.3) is 0 Å². The van der Waals surface area contributed by atoms with Gasteiger partial charge in [0.2, 0.25) is 0 Å². The van der Waals surface area contributed by atoms with Crippen LogP contribution in [0.15, 0.2) is 76.2 Å². The number of aliphatic imine (C=N–C) groups is 2. The Balaban J connectivity index is 1.98. The summed E-state index contributed by atoms with van der Waals surface area (Å²) in [5.41, 5.74) is 3.16. The molecule has 0 aromatic heterocycles. The van der Waals surface area contributed by atoms with Crippen molar-refractivity contribution in [2.24, 2.45) is 9.98 Å². The Bertz CT molecular complexity index is 1070. The predicted octanol–water partition coefficient (Wildman–Crippen LogP) is 4.59. The average Bonchev–Trinajstić information content (AvgIpc) is 2.84. The largest absolute Gasteiger partial charge is 0.464 e. The van der Waals surface area contributed by atoms with Crippen LogP contribution < -0.4 is 4.90 Å². The summed E-state index contributed by atoms with van der Waals surface area (Å²) < 4.78 is 4.93. The van der Waals surface area contributed by atoms with Gasteiger partial charge in [-0.3, -0.25) is 9.89 Å². The lowest BCUT2D eigenvalue weighted by atomic mass is 9.99. The molecule has 2 aromatic carbocycles. The van der Waals surface area contributed by atoms with E-state index in [0.717, 1.165) is 11.1 Å². The maximum Gasteiger partial charge on any atom is 0.355 e. The minimum absolute atomic E-state index is 0.331. The van der Waals surface area contributed by atoms with Gasteiger partial charge < -0.3 is 4.74 Å². The van der Waals surface area contributed by atoms with E-state index in [-0.39, 0.29) is 0 Å². The molecule has 0 bridgehead atoms. The molecule has 0 atom stereocenters. The lowest BCUT2D eigenvalue weighted by Gasteiger charge is -2.28. The van der Waals surface area contributed by atoms with Gasteiger partial charge in [0.15, 0.2) is 5.82 Å². The molecule has 134 valence electrons. The Morgan fingerprint density at radius 1 is 1.11 bits per heavy atom. The highest BCUT2D eigenvalue weighted by Gasteiger charge is 2.30. The fraction of sp³-hybridized carbons (Fsp3) is 0.0500. The standard InChI is InChI=1S/C20H13Cl2N3O2/c1-27-20(26)17-8-9-23-18-11-24-19(13-4-2-3-5-15(13)22)14-10-12(21)6-7-16(14)25(17)18/h2-11H,1H3. The van der Waals surface area contributed by atoms with Gasteiger partial charge >= 0.3 is 5.97 Å². The molecule has 0 unspecified atom stereocenters. The molecule has 0 amide bonds. The summed E-state index contributed by atoms with van der Waals surface area (Å²) in [6, 6.07) is 12.8. The molecular weight excluding hydrogens is 385 g/mol. The lowest BCUT2D eigenvalue weighted by Crippen LogP contribution is -2.30. The van der Waals surface area contributed by atoms with E-state index >= 15 is 0 Å². The summed E-state index contributed by atoms with van der Waals surface area (Å²) in [6.45, 7) is 0. The van der Waals surface area contributed by atoms with Gasteiger partial charge in [-0.15, -0.1) is 0 Å². The monoisotopic (exact) mass is 397 g/mol. The fourth-order valence-electron chi connectivity index (χ4n) is 3.00. The first kappa shape index (κ1) is 17.5. The second-order valence-electron chi connectivity index (χ2n) is 5.76. The summed E-state index contributed by atoms with van der Waals surface area (Å²) in [5.74, 6) is 0.0117. The third-order valence-corrected chi connectivity index (χ3v) is 4.76. The van der Waals surface area contributed by atoms with E-state index in [9.17, 15) is 4.79 Å². The van der Waals surface area contributed by atoms with Crippen molar-refractivity contribution in [1.82, 2.24) is 0 Å². The average molecular weight is 398 g/mol. The van der Waals surface area contributed by atoms with E-state index in [1.165, 1.54) is 7.11 Å². The zero-order valence-electron chi connectivity index (χ0n) is 14.2. The Kier molecular flexibility index (Phi) is 4.56. The minimum atomic E-state index is -0.478. The minimum Gasteiger partial charge on any atom is -0.464 e. The number of ether oxygens (including phenoxy) is 1. The molecule has 0 N–H and O–H groups in total. The first-order valence-corrected chi connectivity index (χ1v) is 8.81. The van der Waals surface area contributed by atoms with Gasteiger partial charge in [-0.1, -0.05) is 41.4 Å². The van der Waals surface area contributed by atoms with Crippen molar-refractivity contribution < 1.29 is 9.53 Å². The van der Waals surface area contributed by atoms with Gasteiger partial charge in [-0.2, -0.15) is 0 Å². The molecular formula is C20H13Cl2N3O2. The number of benzene rings is 2. The number of anilines is 1. The van der Waals surface area contributed by atoms with Crippen LogP contribution in [0.5, 0.6) is 0 Å². The van der Waals surface area contributed by atoms with E-state index in [1.54, 1.807) is 41.6 Å². The fourth-order valence-corrected chi connectivity index (χ4v) is 3.40. The van der Waals surface area contributed by atoms with Crippen LogP contribution in [0, 0.1) is 0 Å². The second-order valence-corrected chi connectivity index (χ2v) is 6.61. The molecule has 4 rings (SSSR count). The molecule has 2 aromatic rings. The number of carbonyl (C=O) groups is 1. The van der Waals surface area contributed by atoms with Gasteiger partial charge in [0.05, 0.1) is 24.7 Å². The van der Waals surface area contributed by atoms with E-state index in [4.69, 9.17) is 27.9 Å². The third kappa shape index (κ3) is 3.05. The quantitative estimate of drug-likeness (QED) is 0.696. The van der Waals surface area contributed by atoms with Crippen molar-refractivity contribution in [2.75, 3.05) is 12.0 Å². The number of halogens is 2.